The predicted octanol–water partition coefficient (Wildman–Crippen LogP) is 4.67. The van der Waals surface area contributed by atoms with Crippen LogP contribution in [0.25, 0.3) is 0 Å². The highest BCUT2D eigenvalue weighted by atomic mass is 32.1. The summed E-state index contributed by atoms with van der Waals surface area (Å²) in [7, 11) is 0. The van der Waals surface area contributed by atoms with E-state index in [1.54, 1.807) is 0 Å². The van der Waals surface area contributed by atoms with Gasteiger partial charge in [0.25, 0.3) is 0 Å². The predicted molar refractivity (Wildman–Crippen MR) is 84.3 cm³/mol. The molecule has 0 saturated heterocycles. The van der Waals surface area contributed by atoms with Crippen LogP contribution < -0.4 is 0 Å². The van der Waals surface area contributed by atoms with Crippen molar-refractivity contribution in [2.45, 2.75) is 71.3 Å². The summed E-state index contributed by atoms with van der Waals surface area (Å²) in [5, 5.41) is 7.60. The zero-order chi connectivity index (χ0) is 14.1. The monoisotopic (exact) mass is 293 g/mol. The Labute approximate surface area is 127 Å². The molecule has 3 atom stereocenters. The molecule has 3 unspecified atom stereocenters. The molecule has 112 valence electrons. The lowest BCUT2D eigenvalue weighted by molar-refractivity contribution is 0.151. The molecule has 0 aromatic carbocycles. The molecule has 1 heterocycles. The first-order valence-corrected chi connectivity index (χ1v) is 8.71. The Bertz CT molecular complexity index is 502. The molecule has 0 bridgehead atoms. The first kappa shape index (κ1) is 14.3. The Morgan fingerprint density at radius 2 is 1.95 bits per heavy atom. The smallest absolute Gasteiger partial charge is 0.195 e. The topological polar surface area (TPSA) is 33.6 Å². The zero-order valence-electron chi connectivity index (χ0n) is 12.8. The number of nitrogens with zero attached hydrogens (tertiary/aromatic N) is 2. The molecule has 2 aliphatic carbocycles. The minimum absolute atomic E-state index is 0.615. The molecular formula is C16H27N3S. The van der Waals surface area contributed by atoms with Gasteiger partial charge in [0.15, 0.2) is 4.77 Å². The lowest BCUT2D eigenvalue weighted by atomic mass is 9.67. The summed E-state index contributed by atoms with van der Waals surface area (Å²) in [5.74, 6) is 4.42. The molecule has 4 heteroatoms. The molecule has 1 aromatic heterocycles. The summed E-state index contributed by atoms with van der Waals surface area (Å²) >= 11 is 5.42. The van der Waals surface area contributed by atoms with Crippen molar-refractivity contribution in [3.8, 4) is 0 Å². The van der Waals surface area contributed by atoms with Crippen LogP contribution in [0.4, 0.5) is 0 Å². The highest BCUT2D eigenvalue weighted by Crippen LogP contribution is 2.45. The summed E-state index contributed by atoms with van der Waals surface area (Å²) in [5.41, 5.74) is 0. The quantitative estimate of drug-likeness (QED) is 0.822. The lowest BCUT2D eigenvalue weighted by Gasteiger charge is -2.39. The Balaban J connectivity index is 1.78. The molecule has 0 radical (unpaired) electrons. The van der Waals surface area contributed by atoms with Crippen molar-refractivity contribution < 1.29 is 0 Å². The van der Waals surface area contributed by atoms with Gasteiger partial charge in [0.05, 0.1) is 0 Å². The number of nitrogens with one attached hydrogen (secondary N) is 1. The van der Waals surface area contributed by atoms with Crippen LogP contribution in [0.5, 0.6) is 0 Å². The molecule has 2 aliphatic rings. The Morgan fingerprint density at radius 3 is 2.70 bits per heavy atom. The number of hydrogen-bond donors (Lipinski definition) is 1. The molecule has 1 aromatic rings. The van der Waals surface area contributed by atoms with Gasteiger partial charge in [-0.25, -0.2) is 0 Å². The fourth-order valence-corrected chi connectivity index (χ4v) is 4.50. The molecule has 20 heavy (non-hydrogen) atoms. The van der Waals surface area contributed by atoms with Crippen molar-refractivity contribution in [2.75, 3.05) is 0 Å². The van der Waals surface area contributed by atoms with Gasteiger partial charge in [-0.05, 0) is 49.2 Å². The molecule has 0 aliphatic heterocycles. The van der Waals surface area contributed by atoms with E-state index in [0.717, 1.165) is 23.2 Å². The largest absolute Gasteiger partial charge is 0.304 e. The van der Waals surface area contributed by atoms with Crippen LogP contribution in [-0.4, -0.2) is 14.8 Å². The van der Waals surface area contributed by atoms with Crippen molar-refractivity contribution in [2.24, 2.45) is 17.8 Å². The highest BCUT2D eigenvalue weighted by Gasteiger charge is 2.34. The van der Waals surface area contributed by atoms with Crippen LogP contribution in [0, 0.1) is 22.5 Å². The molecule has 3 nitrogen and oxygen atoms in total. The van der Waals surface area contributed by atoms with E-state index in [1.807, 2.05) is 0 Å². The van der Waals surface area contributed by atoms with Gasteiger partial charge in [0.2, 0.25) is 0 Å². The molecule has 2 saturated carbocycles. The molecule has 2 fully saturated rings. The van der Waals surface area contributed by atoms with Gasteiger partial charge in [0, 0.05) is 12.5 Å². The Kier molecular flexibility index (Phi) is 4.29. The van der Waals surface area contributed by atoms with Gasteiger partial charge in [-0.1, -0.05) is 39.5 Å². The summed E-state index contributed by atoms with van der Waals surface area (Å²) < 4.78 is 3.06. The van der Waals surface area contributed by atoms with Crippen LogP contribution in [0.3, 0.4) is 0 Å². The minimum Gasteiger partial charge on any atom is -0.304 e. The van der Waals surface area contributed by atoms with E-state index in [1.165, 1.54) is 50.8 Å². The maximum absolute atomic E-state index is 5.42. The van der Waals surface area contributed by atoms with Crippen LogP contribution in [0.2, 0.25) is 0 Å². The standard InChI is InChI=1S/C16H27N3S/c1-11(2)10-19-15(17-18-16(19)20)14-8-7-12-5-3-4-6-13(12)9-14/h11-14H,3-10H2,1-2H3,(H,18,20). The Hall–Kier alpha value is -0.640. The van der Waals surface area contributed by atoms with Crippen molar-refractivity contribution in [1.82, 2.24) is 14.8 Å². The fourth-order valence-electron chi connectivity index (χ4n) is 4.29. The van der Waals surface area contributed by atoms with Crippen molar-refractivity contribution >= 4 is 12.2 Å². The summed E-state index contributed by atoms with van der Waals surface area (Å²) in [6.45, 7) is 5.49. The number of hydrogen-bond acceptors (Lipinski definition) is 2. The number of aromatic nitrogens is 3. The third-order valence-electron chi connectivity index (χ3n) is 5.24. The minimum atomic E-state index is 0.615. The van der Waals surface area contributed by atoms with Crippen LogP contribution in [0.15, 0.2) is 0 Å². The first-order chi connectivity index (χ1) is 9.65. The van der Waals surface area contributed by atoms with Crippen LogP contribution >= 0.6 is 12.2 Å². The van der Waals surface area contributed by atoms with E-state index in [-0.39, 0.29) is 0 Å². The Morgan fingerprint density at radius 1 is 1.20 bits per heavy atom. The molecule has 0 spiro atoms. The van der Waals surface area contributed by atoms with Gasteiger partial charge in [-0.3, -0.25) is 5.10 Å². The second-order valence-electron chi connectivity index (χ2n) is 7.21. The number of fused-ring (bicyclic) bond motifs is 1. The first-order valence-electron chi connectivity index (χ1n) is 8.30. The van der Waals surface area contributed by atoms with Gasteiger partial charge >= 0.3 is 0 Å². The maximum atomic E-state index is 5.42. The average Bonchev–Trinajstić information content (AvgIpc) is 2.79. The summed E-state index contributed by atoms with van der Waals surface area (Å²) in [6, 6.07) is 0. The molecule has 1 N–H and O–H groups in total. The molecule has 3 rings (SSSR count). The van der Waals surface area contributed by atoms with E-state index in [2.05, 4.69) is 28.6 Å². The van der Waals surface area contributed by atoms with Gasteiger partial charge < -0.3 is 4.57 Å². The van der Waals surface area contributed by atoms with Gasteiger partial charge in [-0.2, -0.15) is 5.10 Å². The summed E-state index contributed by atoms with van der Waals surface area (Å²) in [6.07, 6.45) is 9.84. The second-order valence-corrected chi connectivity index (χ2v) is 7.59. The van der Waals surface area contributed by atoms with Crippen LogP contribution in [-0.2, 0) is 6.54 Å². The van der Waals surface area contributed by atoms with E-state index >= 15 is 0 Å². The van der Waals surface area contributed by atoms with Crippen molar-refractivity contribution in [3.63, 3.8) is 0 Å². The normalized spacial score (nSPS) is 30.4. The molecule has 0 amide bonds. The number of H-pyrrole nitrogens is 1. The van der Waals surface area contributed by atoms with Crippen LogP contribution in [0.1, 0.15) is 70.5 Å². The van der Waals surface area contributed by atoms with Crippen molar-refractivity contribution in [1.29, 1.82) is 0 Å². The molecular weight excluding hydrogens is 266 g/mol. The lowest BCUT2D eigenvalue weighted by Crippen LogP contribution is -2.28. The number of rotatable bonds is 3. The van der Waals surface area contributed by atoms with E-state index in [0.29, 0.717) is 11.8 Å². The van der Waals surface area contributed by atoms with Gasteiger partial charge in [-0.15, -0.1) is 0 Å². The van der Waals surface area contributed by atoms with E-state index in [4.69, 9.17) is 12.2 Å². The third-order valence-corrected chi connectivity index (χ3v) is 5.55. The van der Waals surface area contributed by atoms with Gasteiger partial charge in [0.1, 0.15) is 5.82 Å². The summed E-state index contributed by atoms with van der Waals surface area (Å²) in [4.78, 5) is 0. The fraction of sp³-hybridized carbons (Fsp3) is 0.875. The SMILES string of the molecule is CC(C)Cn1c(C2CCC3CCCCC3C2)n[nH]c1=S. The number of aromatic amines is 1. The van der Waals surface area contributed by atoms with E-state index in [9.17, 15) is 0 Å². The average molecular weight is 293 g/mol. The zero-order valence-corrected chi connectivity index (χ0v) is 13.6. The maximum Gasteiger partial charge on any atom is 0.195 e. The highest BCUT2D eigenvalue weighted by molar-refractivity contribution is 7.71. The third kappa shape index (κ3) is 2.85. The van der Waals surface area contributed by atoms with E-state index < -0.39 is 0 Å². The van der Waals surface area contributed by atoms with Crippen molar-refractivity contribution in [3.05, 3.63) is 10.6 Å². The second kappa shape index (κ2) is 6.00.